The van der Waals surface area contributed by atoms with Crippen molar-refractivity contribution in [1.82, 2.24) is 5.32 Å². The predicted octanol–water partition coefficient (Wildman–Crippen LogP) is 1.48. The van der Waals surface area contributed by atoms with Gasteiger partial charge in [-0.3, -0.25) is 4.79 Å². The Hall–Kier alpha value is -2.06. The molecule has 0 spiro atoms. The molecule has 106 valence electrons. The predicted molar refractivity (Wildman–Crippen MR) is 73.2 cm³/mol. The molecule has 1 aromatic carbocycles. The Bertz CT molecular complexity index is 490. The summed E-state index contributed by atoms with van der Waals surface area (Å²) in [5.74, 6) is 0.821. The van der Waals surface area contributed by atoms with Gasteiger partial charge in [0.25, 0.3) is 5.91 Å². The number of nitriles is 1. The molecule has 2 rings (SSSR count). The molecule has 1 aliphatic rings. The van der Waals surface area contributed by atoms with Gasteiger partial charge in [-0.05, 0) is 30.9 Å². The Balaban J connectivity index is 1.68. The van der Waals surface area contributed by atoms with Crippen LogP contribution in [0.15, 0.2) is 24.3 Å². The van der Waals surface area contributed by atoms with E-state index in [2.05, 4.69) is 5.32 Å². The van der Waals surface area contributed by atoms with Gasteiger partial charge in [0.2, 0.25) is 0 Å². The summed E-state index contributed by atoms with van der Waals surface area (Å²) in [4.78, 5) is 11.6. The molecule has 1 aliphatic heterocycles. The van der Waals surface area contributed by atoms with E-state index in [1.807, 2.05) is 6.07 Å². The number of nitrogens with one attached hydrogen (secondary N) is 1. The number of hydrogen-bond donors (Lipinski definition) is 1. The van der Waals surface area contributed by atoms with Gasteiger partial charge >= 0.3 is 0 Å². The van der Waals surface area contributed by atoms with Crippen LogP contribution in [0, 0.1) is 17.2 Å². The second kappa shape index (κ2) is 7.51. The van der Waals surface area contributed by atoms with Crippen molar-refractivity contribution in [3.8, 4) is 11.8 Å². The molecule has 1 heterocycles. The van der Waals surface area contributed by atoms with Crippen molar-refractivity contribution in [3.05, 3.63) is 29.8 Å². The van der Waals surface area contributed by atoms with Crippen LogP contribution in [0.1, 0.15) is 18.4 Å². The smallest absolute Gasteiger partial charge is 0.257 e. The molecule has 5 nitrogen and oxygen atoms in total. The first-order valence-electron chi connectivity index (χ1n) is 6.76. The van der Waals surface area contributed by atoms with Gasteiger partial charge in [0.15, 0.2) is 6.61 Å². The molecule has 1 fully saturated rings. The van der Waals surface area contributed by atoms with Crippen LogP contribution in [0.5, 0.6) is 5.75 Å². The number of rotatable bonds is 6. The highest BCUT2D eigenvalue weighted by molar-refractivity contribution is 5.77. The first kappa shape index (κ1) is 14.4. The van der Waals surface area contributed by atoms with Crippen LogP contribution in [-0.2, 0) is 9.53 Å². The van der Waals surface area contributed by atoms with Gasteiger partial charge in [-0.1, -0.05) is 12.1 Å². The molecule has 20 heavy (non-hydrogen) atoms. The lowest BCUT2D eigenvalue weighted by atomic mass is 10.1. The Morgan fingerprint density at radius 1 is 1.50 bits per heavy atom. The topological polar surface area (TPSA) is 71.3 Å². The molecule has 1 saturated heterocycles. The van der Waals surface area contributed by atoms with Gasteiger partial charge in [0.1, 0.15) is 11.8 Å². The van der Waals surface area contributed by atoms with Gasteiger partial charge in [-0.2, -0.15) is 5.26 Å². The fourth-order valence-electron chi connectivity index (χ4n) is 2.11. The van der Waals surface area contributed by atoms with Crippen LogP contribution in [0.3, 0.4) is 0 Å². The molecule has 1 unspecified atom stereocenters. The van der Waals surface area contributed by atoms with E-state index in [1.54, 1.807) is 24.3 Å². The van der Waals surface area contributed by atoms with Crippen LogP contribution >= 0.6 is 0 Å². The fraction of sp³-hybridized carbons (Fsp3) is 0.467. The van der Waals surface area contributed by atoms with Crippen molar-refractivity contribution in [2.45, 2.75) is 12.8 Å². The van der Waals surface area contributed by atoms with Crippen molar-refractivity contribution >= 4 is 5.91 Å². The van der Waals surface area contributed by atoms with Crippen molar-refractivity contribution < 1.29 is 14.3 Å². The number of carbonyl (C=O) groups is 1. The number of nitrogens with zero attached hydrogens (tertiary/aromatic N) is 1. The monoisotopic (exact) mass is 274 g/mol. The van der Waals surface area contributed by atoms with Crippen LogP contribution < -0.4 is 10.1 Å². The average Bonchev–Trinajstić information content (AvgIpc) is 2.98. The summed E-state index contributed by atoms with van der Waals surface area (Å²) >= 11 is 0. The summed E-state index contributed by atoms with van der Waals surface area (Å²) in [5, 5.41) is 11.7. The van der Waals surface area contributed by atoms with Crippen molar-refractivity contribution in [1.29, 1.82) is 5.26 Å². The van der Waals surface area contributed by atoms with Crippen molar-refractivity contribution in [2.75, 3.05) is 26.4 Å². The molecule has 0 bridgehead atoms. The lowest BCUT2D eigenvalue weighted by Crippen LogP contribution is -2.30. The first-order chi connectivity index (χ1) is 9.79. The Labute approximate surface area is 118 Å². The van der Waals surface area contributed by atoms with Crippen molar-refractivity contribution in [2.24, 2.45) is 5.92 Å². The maximum Gasteiger partial charge on any atom is 0.257 e. The third kappa shape index (κ3) is 4.25. The summed E-state index contributed by atoms with van der Waals surface area (Å²) in [7, 11) is 0. The van der Waals surface area contributed by atoms with E-state index in [9.17, 15) is 4.79 Å². The van der Waals surface area contributed by atoms with E-state index >= 15 is 0 Å². The summed E-state index contributed by atoms with van der Waals surface area (Å²) < 4.78 is 10.6. The first-order valence-corrected chi connectivity index (χ1v) is 6.76. The van der Waals surface area contributed by atoms with Gasteiger partial charge in [0, 0.05) is 19.8 Å². The van der Waals surface area contributed by atoms with E-state index in [4.69, 9.17) is 14.7 Å². The summed E-state index contributed by atoms with van der Waals surface area (Å²) in [6.45, 7) is 2.19. The maximum absolute atomic E-state index is 11.6. The van der Waals surface area contributed by atoms with E-state index in [-0.39, 0.29) is 12.5 Å². The van der Waals surface area contributed by atoms with Crippen LogP contribution in [0.4, 0.5) is 0 Å². The molecule has 0 saturated carbocycles. The normalized spacial score (nSPS) is 17.4. The molecule has 1 N–H and O–H groups in total. The molecular weight excluding hydrogens is 256 g/mol. The largest absolute Gasteiger partial charge is 0.482 e. The third-order valence-electron chi connectivity index (χ3n) is 3.27. The Morgan fingerprint density at radius 3 is 3.10 bits per heavy atom. The summed E-state index contributed by atoms with van der Waals surface area (Å²) in [6.07, 6.45) is 2.00. The zero-order valence-corrected chi connectivity index (χ0v) is 11.3. The summed E-state index contributed by atoms with van der Waals surface area (Å²) in [6, 6.07) is 8.90. The maximum atomic E-state index is 11.6. The van der Waals surface area contributed by atoms with Crippen LogP contribution in [0.2, 0.25) is 0 Å². The van der Waals surface area contributed by atoms with Crippen molar-refractivity contribution in [3.63, 3.8) is 0 Å². The Morgan fingerprint density at radius 2 is 2.35 bits per heavy atom. The van der Waals surface area contributed by atoms with Gasteiger partial charge in [-0.25, -0.2) is 0 Å². The number of para-hydroxylation sites is 1. The number of benzene rings is 1. The van der Waals surface area contributed by atoms with Gasteiger partial charge in [-0.15, -0.1) is 0 Å². The highest BCUT2D eigenvalue weighted by Gasteiger charge is 2.15. The average molecular weight is 274 g/mol. The number of hydrogen-bond acceptors (Lipinski definition) is 4. The van der Waals surface area contributed by atoms with E-state index < -0.39 is 0 Å². The zero-order valence-electron chi connectivity index (χ0n) is 11.3. The van der Waals surface area contributed by atoms with Gasteiger partial charge in [0.05, 0.1) is 5.56 Å². The molecular formula is C15H18N2O3. The standard InChI is InChI=1S/C15H18N2O3/c16-9-13-3-1-2-4-14(13)20-11-15(18)17-7-5-12-6-8-19-10-12/h1-4,12H,5-8,10-11H2,(H,17,18). The fourth-order valence-corrected chi connectivity index (χ4v) is 2.11. The van der Waals surface area contributed by atoms with Crippen LogP contribution in [-0.4, -0.2) is 32.3 Å². The second-order valence-electron chi connectivity index (χ2n) is 4.76. The summed E-state index contributed by atoms with van der Waals surface area (Å²) in [5.41, 5.74) is 0.434. The quantitative estimate of drug-likeness (QED) is 0.853. The number of amides is 1. The third-order valence-corrected chi connectivity index (χ3v) is 3.27. The zero-order chi connectivity index (χ0) is 14.2. The minimum atomic E-state index is -0.170. The molecule has 0 radical (unpaired) electrons. The molecule has 0 aromatic heterocycles. The van der Waals surface area contributed by atoms with Gasteiger partial charge < -0.3 is 14.8 Å². The molecule has 1 amide bonds. The molecule has 1 atom stereocenters. The van der Waals surface area contributed by atoms with Crippen LogP contribution in [0.25, 0.3) is 0 Å². The second-order valence-corrected chi connectivity index (χ2v) is 4.76. The molecule has 0 aliphatic carbocycles. The number of ether oxygens (including phenoxy) is 2. The highest BCUT2D eigenvalue weighted by atomic mass is 16.5. The lowest BCUT2D eigenvalue weighted by Gasteiger charge is -2.10. The molecule has 5 heteroatoms. The van der Waals surface area contributed by atoms with E-state index in [0.717, 1.165) is 26.1 Å². The highest BCUT2D eigenvalue weighted by Crippen LogP contribution is 2.16. The van der Waals surface area contributed by atoms with E-state index in [1.165, 1.54) is 0 Å². The molecule has 1 aromatic rings. The Kier molecular flexibility index (Phi) is 5.39. The minimum Gasteiger partial charge on any atom is -0.482 e. The lowest BCUT2D eigenvalue weighted by molar-refractivity contribution is -0.123. The SMILES string of the molecule is N#Cc1ccccc1OCC(=O)NCCC1CCOC1. The number of carbonyl (C=O) groups excluding carboxylic acids is 1. The minimum absolute atomic E-state index is 0.0696. The van der Waals surface area contributed by atoms with E-state index in [0.29, 0.717) is 23.8 Å².